The van der Waals surface area contributed by atoms with Crippen molar-refractivity contribution in [3.8, 4) is 12.1 Å². The van der Waals surface area contributed by atoms with E-state index in [0.717, 1.165) is 17.3 Å². The number of halogens is 1. The van der Waals surface area contributed by atoms with Crippen LogP contribution >= 0.6 is 23.4 Å². The number of nitriles is 2. The van der Waals surface area contributed by atoms with E-state index in [0.29, 0.717) is 21.3 Å². The highest BCUT2D eigenvalue weighted by Gasteiger charge is 2.44. The minimum Gasteiger partial charge on any atom is -0.325 e. The summed E-state index contributed by atoms with van der Waals surface area (Å²) in [4.78, 5) is 24.4. The highest BCUT2D eigenvalue weighted by Crippen LogP contribution is 2.41. The minimum absolute atomic E-state index is 0.0000465. The maximum Gasteiger partial charge on any atom is 0.243 e. The van der Waals surface area contributed by atoms with Crippen LogP contribution in [0.2, 0.25) is 5.02 Å². The average Bonchev–Trinajstić information content (AvgIpc) is 2.56. The molecule has 0 saturated heterocycles. The molecule has 1 heterocycles. The normalized spacial score (nSPS) is 18.5. The van der Waals surface area contributed by atoms with E-state index >= 15 is 0 Å². The lowest BCUT2D eigenvalue weighted by atomic mass is 9.72. The van der Waals surface area contributed by atoms with E-state index in [1.54, 1.807) is 39.0 Å². The maximum absolute atomic E-state index is 12.2. The number of hydrogen-bond donors (Lipinski definition) is 2. The minimum atomic E-state index is -0.954. The molecular formula is C18H17ClN4O2S. The first-order valence-electron chi connectivity index (χ1n) is 7.75. The number of rotatable bonds is 4. The Hall–Kier alpha value is -2.48. The molecule has 0 aromatic heterocycles. The Morgan fingerprint density at radius 3 is 2.73 bits per heavy atom. The van der Waals surface area contributed by atoms with E-state index in [1.807, 2.05) is 6.07 Å². The van der Waals surface area contributed by atoms with Gasteiger partial charge in [0.25, 0.3) is 0 Å². The van der Waals surface area contributed by atoms with Crippen LogP contribution in [0.3, 0.4) is 0 Å². The summed E-state index contributed by atoms with van der Waals surface area (Å²) in [6.45, 7) is 5.15. The molecule has 1 aliphatic rings. The molecule has 1 aromatic carbocycles. The van der Waals surface area contributed by atoms with Gasteiger partial charge in [-0.2, -0.15) is 10.5 Å². The Labute approximate surface area is 161 Å². The van der Waals surface area contributed by atoms with E-state index in [1.165, 1.54) is 0 Å². The van der Waals surface area contributed by atoms with E-state index in [4.69, 9.17) is 11.6 Å². The predicted octanol–water partition coefficient (Wildman–Crippen LogP) is 3.35. The van der Waals surface area contributed by atoms with Crippen LogP contribution in [0, 0.1) is 40.9 Å². The second-order valence-corrected chi connectivity index (χ2v) is 7.73. The van der Waals surface area contributed by atoms with Crippen LogP contribution in [0.15, 0.2) is 28.8 Å². The van der Waals surface area contributed by atoms with Crippen molar-refractivity contribution < 1.29 is 9.59 Å². The largest absolute Gasteiger partial charge is 0.325 e. The summed E-state index contributed by atoms with van der Waals surface area (Å²) in [5.74, 6) is -1.71. The van der Waals surface area contributed by atoms with Crippen molar-refractivity contribution in [3.63, 3.8) is 0 Å². The number of anilines is 1. The number of carbonyl (C=O) groups excluding carboxylic acids is 2. The van der Waals surface area contributed by atoms with Crippen molar-refractivity contribution in [3.05, 3.63) is 39.4 Å². The fourth-order valence-corrected chi connectivity index (χ4v) is 3.75. The Morgan fingerprint density at radius 1 is 1.42 bits per heavy atom. The molecule has 0 unspecified atom stereocenters. The molecule has 2 rings (SSSR count). The second kappa shape index (κ2) is 7.82. The van der Waals surface area contributed by atoms with Crippen LogP contribution in [0.5, 0.6) is 0 Å². The molecule has 2 amide bonds. The fraction of sp³-hybridized carbons (Fsp3) is 0.333. The van der Waals surface area contributed by atoms with Crippen LogP contribution in [0.4, 0.5) is 5.69 Å². The van der Waals surface area contributed by atoms with Crippen molar-refractivity contribution in [1.82, 2.24) is 5.32 Å². The number of hydrogen-bond acceptors (Lipinski definition) is 5. The number of carbonyl (C=O) groups is 2. The SMILES string of the molecule is Cc1c(Cl)cccc1NC(=O)CSC1=C(C#N)C(C)(C)[C@H](C#N)C(=O)N1. The Kier molecular flexibility index (Phi) is 5.97. The van der Waals surface area contributed by atoms with Crippen molar-refractivity contribution >= 4 is 40.9 Å². The predicted molar refractivity (Wildman–Crippen MR) is 101 cm³/mol. The topological polar surface area (TPSA) is 106 Å². The zero-order chi connectivity index (χ0) is 19.5. The molecule has 134 valence electrons. The molecule has 0 saturated carbocycles. The quantitative estimate of drug-likeness (QED) is 0.822. The molecule has 26 heavy (non-hydrogen) atoms. The molecule has 1 atom stereocenters. The highest BCUT2D eigenvalue weighted by atomic mass is 35.5. The molecule has 0 spiro atoms. The Balaban J connectivity index is 2.15. The molecule has 0 radical (unpaired) electrons. The first-order chi connectivity index (χ1) is 12.2. The van der Waals surface area contributed by atoms with Gasteiger partial charge in [0.05, 0.1) is 28.5 Å². The van der Waals surface area contributed by atoms with Gasteiger partial charge in [-0.25, -0.2) is 0 Å². The number of amides is 2. The van der Waals surface area contributed by atoms with Crippen molar-refractivity contribution in [2.45, 2.75) is 20.8 Å². The third-order valence-electron chi connectivity index (χ3n) is 4.22. The molecule has 2 N–H and O–H groups in total. The lowest BCUT2D eigenvalue weighted by molar-refractivity contribution is -0.125. The molecule has 0 fully saturated rings. The lowest BCUT2D eigenvalue weighted by Crippen LogP contribution is -2.44. The third-order valence-corrected chi connectivity index (χ3v) is 5.63. The monoisotopic (exact) mass is 388 g/mol. The van der Waals surface area contributed by atoms with Crippen LogP contribution < -0.4 is 10.6 Å². The van der Waals surface area contributed by atoms with Gasteiger partial charge in [-0.3, -0.25) is 9.59 Å². The van der Waals surface area contributed by atoms with Gasteiger partial charge in [-0.1, -0.05) is 43.3 Å². The molecule has 1 aromatic rings. The van der Waals surface area contributed by atoms with Gasteiger partial charge in [0.2, 0.25) is 11.8 Å². The molecule has 1 aliphatic heterocycles. The van der Waals surface area contributed by atoms with Gasteiger partial charge < -0.3 is 10.6 Å². The van der Waals surface area contributed by atoms with Crippen molar-refractivity contribution in [2.24, 2.45) is 11.3 Å². The summed E-state index contributed by atoms with van der Waals surface area (Å²) in [5, 5.41) is 24.9. The number of benzene rings is 1. The van der Waals surface area contributed by atoms with Crippen LogP contribution in [-0.4, -0.2) is 17.6 Å². The Bertz CT molecular complexity index is 880. The smallest absolute Gasteiger partial charge is 0.243 e. The lowest BCUT2D eigenvalue weighted by Gasteiger charge is -2.34. The van der Waals surface area contributed by atoms with Gasteiger partial charge in [-0.05, 0) is 24.6 Å². The van der Waals surface area contributed by atoms with Crippen molar-refractivity contribution in [2.75, 3.05) is 11.1 Å². The van der Waals surface area contributed by atoms with Crippen LogP contribution in [0.1, 0.15) is 19.4 Å². The second-order valence-electron chi connectivity index (χ2n) is 6.34. The number of thioether (sulfide) groups is 1. The van der Waals surface area contributed by atoms with Crippen LogP contribution in [-0.2, 0) is 9.59 Å². The zero-order valence-electron chi connectivity index (χ0n) is 14.5. The summed E-state index contributed by atoms with van der Waals surface area (Å²) >= 11 is 7.09. The maximum atomic E-state index is 12.2. The number of nitrogens with zero attached hydrogens (tertiary/aromatic N) is 2. The van der Waals surface area contributed by atoms with E-state index < -0.39 is 17.2 Å². The average molecular weight is 389 g/mol. The number of allylic oxidation sites excluding steroid dienone is 1. The first-order valence-corrected chi connectivity index (χ1v) is 9.11. The van der Waals surface area contributed by atoms with Gasteiger partial charge in [-0.15, -0.1) is 0 Å². The summed E-state index contributed by atoms with van der Waals surface area (Å²) in [6, 6.07) is 9.21. The molecule has 8 heteroatoms. The van der Waals surface area contributed by atoms with Crippen LogP contribution in [0.25, 0.3) is 0 Å². The van der Waals surface area contributed by atoms with E-state index in [2.05, 4.69) is 16.7 Å². The first kappa shape index (κ1) is 19.8. The molecule has 6 nitrogen and oxygen atoms in total. The van der Waals surface area contributed by atoms with Crippen molar-refractivity contribution in [1.29, 1.82) is 10.5 Å². The van der Waals surface area contributed by atoms with Gasteiger partial charge in [0, 0.05) is 16.1 Å². The summed E-state index contributed by atoms with van der Waals surface area (Å²) in [5.41, 5.74) is 0.734. The summed E-state index contributed by atoms with van der Waals surface area (Å²) < 4.78 is 0. The number of nitrogens with one attached hydrogen (secondary N) is 2. The van der Waals surface area contributed by atoms with E-state index in [-0.39, 0.29) is 11.7 Å². The molecular weight excluding hydrogens is 372 g/mol. The molecule has 0 bridgehead atoms. The van der Waals surface area contributed by atoms with Gasteiger partial charge in [0.15, 0.2) is 0 Å². The van der Waals surface area contributed by atoms with E-state index in [9.17, 15) is 20.1 Å². The Morgan fingerprint density at radius 2 is 2.12 bits per heavy atom. The molecule has 0 aliphatic carbocycles. The van der Waals surface area contributed by atoms with Gasteiger partial charge in [0.1, 0.15) is 5.92 Å². The fourth-order valence-electron chi connectivity index (χ4n) is 2.60. The van der Waals surface area contributed by atoms with Gasteiger partial charge >= 0.3 is 0 Å². The zero-order valence-corrected chi connectivity index (χ0v) is 16.1. The summed E-state index contributed by atoms with van der Waals surface area (Å²) in [6.07, 6.45) is 0. The third kappa shape index (κ3) is 3.85. The standard InChI is InChI=1S/C18H17ClN4O2S/c1-10-13(19)5-4-6-14(10)22-15(24)9-26-17-12(8-21)18(2,3)11(7-20)16(25)23-17/h4-6,11H,9H2,1-3H3,(H,22,24)(H,23,25)/t11-/m1/s1. The summed E-state index contributed by atoms with van der Waals surface area (Å²) in [7, 11) is 0. The highest BCUT2D eigenvalue weighted by molar-refractivity contribution is 8.03.